The maximum absolute atomic E-state index is 3.49. The Morgan fingerprint density at radius 1 is 0.929 bits per heavy atom. The van der Waals surface area contributed by atoms with Crippen LogP contribution in [0, 0.1) is 0 Å². The summed E-state index contributed by atoms with van der Waals surface area (Å²) in [5.74, 6) is 0. The average molecular weight is 201 g/mol. The zero-order valence-corrected chi connectivity index (χ0v) is 10.7. The number of nitrogens with one attached hydrogen (secondary N) is 1. The van der Waals surface area contributed by atoms with E-state index in [1.807, 2.05) is 0 Å². The molecule has 86 valence electrons. The molecule has 0 saturated heterocycles. The molecular weight excluding hydrogens is 174 g/mol. The SMILES string of the molecule is CN(C)CCN(C)CCNC(C)(C)C. The maximum Gasteiger partial charge on any atom is 0.0107 e. The van der Waals surface area contributed by atoms with Gasteiger partial charge in [-0.15, -0.1) is 0 Å². The van der Waals surface area contributed by atoms with Gasteiger partial charge < -0.3 is 15.1 Å². The van der Waals surface area contributed by atoms with Crippen LogP contribution in [0.4, 0.5) is 0 Å². The molecule has 0 aromatic carbocycles. The third-order valence-corrected chi connectivity index (χ3v) is 2.08. The molecule has 0 aliphatic heterocycles. The lowest BCUT2D eigenvalue weighted by molar-refractivity contribution is 0.271. The van der Waals surface area contributed by atoms with Crippen molar-refractivity contribution in [1.29, 1.82) is 0 Å². The van der Waals surface area contributed by atoms with Crippen LogP contribution in [0.5, 0.6) is 0 Å². The third-order valence-electron chi connectivity index (χ3n) is 2.08. The molecule has 0 aliphatic carbocycles. The Balaban J connectivity index is 3.40. The highest BCUT2D eigenvalue weighted by Gasteiger charge is 2.08. The van der Waals surface area contributed by atoms with Crippen LogP contribution >= 0.6 is 0 Å². The third kappa shape index (κ3) is 9.96. The lowest BCUT2D eigenvalue weighted by atomic mass is 10.1. The summed E-state index contributed by atoms with van der Waals surface area (Å²) in [5, 5.41) is 3.49. The van der Waals surface area contributed by atoms with E-state index in [9.17, 15) is 0 Å². The first-order chi connectivity index (χ1) is 6.31. The van der Waals surface area contributed by atoms with Gasteiger partial charge in [-0.3, -0.25) is 0 Å². The van der Waals surface area contributed by atoms with Gasteiger partial charge in [-0.25, -0.2) is 0 Å². The van der Waals surface area contributed by atoms with Gasteiger partial charge in [0.25, 0.3) is 0 Å². The summed E-state index contributed by atoms with van der Waals surface area (Å²) in [6.45, 7) is 11.1. The van der Waals surface area contributed by atoms with Crippen molar-refractivity contribution in [2.45, 2.75) is 26.3 Å². The lowest BCUT2D eigenvalue weighted by Gasteiger charge is -2.24. The van der Waals surface area contributed by atoms with Gasteiger partial charge in [0.05, 0.1) is 0 Å². The Bertz CT molecular complexity index is 138. The van der Waals surface area contributed by atoms with Gasteiger partial charge in [-0.1, -0.05) is 0 Å². The quantitative estimate of drug-likeness (QED) is 0.688. The molecule has 0 bridgehead atoms. The molecule has 0 atom stereocenters. The van der Waals surface area contributed by atoms with Crippen LogP contribution in [-0.2, 0) is 0 Å². The van der Waals surface area contributed by atoms with Crippen LogP contribution in [0.15, 0.2) is 0 Å². The van der Waals surface area contributed by atoms with Crippen LogP contribution in [0.25, 0.3) is 0 Å². The molecule has 0 radical (unpaired) electrons. The highest BCUT2D eigenvalue weighted by Crippen LogP contribution is 1.97. The van der Waals surface area contributed by atoms with E-state index in [2.05, 4.69) is 57.0 Å². The Morgan fingerprint density at radius 3 is 1.93 bits per heavy atom. The minimum absolute atomic E-state index is 0.238. The van der Waals surface area contributed by atoms with E-state index in [-0.39, 0.29) is 5.54 Å². The van der Waals surface area contributed by atoms with Crippen LogP contribution < -0.4 is 5.32 Å². The average Bonchev–Trinajstić information content (AvgIpc) is 1.98. The monoisotopic (exact) mass is 201 g/mol. The first kappa shape index (κ1) is 13.9. The number of hydrogen-bond donors (Lipinski definition) is 1. The molecule has 0 saturated carbocycles. The van der Waals surface area contributed by atoms with Crippen molar-refractivity contribution < 1.29 is 0 Å². The van der Waals surface area contributed by atoms with Gasteiger partial charge in [0.15, 0.2) is 0 Å². The maximum atomic E-state index is 3.49. The van der Waals surface area contributed by atoms with Crippen LogP contribution in [0.1, 0.15) is 20.8 Å². The Kier molecular flexibility index (Phi) is 6.33. The molecule has 0 aliphatic rings. The predicted molar refractivity (Wildman–Crippen MR) is 63.8 cm³/mol. The van der Waals surface area contributed by atoms with Gasteiger partial charge >= 0.3 is 0 Å². The van der Waals surface area contributed by atoms with Crippen molar-refractivity contribution in [3.05, 3.63) is 0 Å². The number of nitrogens with zero attached hydrogens (tertiary/aromatic N) is 2. The predicted octanol–water partition coefficient (Wildman–Crippen LogP) is 0.868. The van der Waals surface area contributed by atoms with Crippen LogP contribution in [0.2, 0.25) is 0 Å². The normalized spacial score (nSPS) is 12.9. The summed E-state index contributed by atoms with van der Waals surface area (Å²) in [7, 11) is 6.40. The summed E-state index contributed by atoms with van der Waals surface area (Å²) in [4.78, 5) is 4.58. The fraction of sp³-hybridized carbons (Fsp3) is 1.00. The van der Waals surface area contributed by atoms with E-state index < -0.39 is 0 Å². The van der Waals surface area contributed by atoms with Gasteiger partial charge in [0.1, 0.15) is 0 Å². The molecule has 0 aromatic heterocycles. The van der Waals surface area contributed by atoms with E-state index >= 15 is 0 Å². The molecule has 3 nitrogen and oxygen atoms in total. The van der Waals surface area contributed by atoms with E-state index in [1.54, 1.807) is 0 Å². The summed E-state index contributed by atoms with van der Waals surface area (Å²) >= 11 is 0. The zero-order valence-electron chi connectivity index (χ0n) is 10.7. The van der Waals surface area contributed by atoms with Crippen molar-refractivity contribution in [3.8, 4) is 0 Å². The van der Waals surface area contributed by atoms with Gasteiger partial charge in [0.2, 0.25) is 0 Å². The number of likely N-dealkylation sites (N-methyl/N-ethyl adjacent to an activating group) is 2. The van der Waals surface area contributed by atoms with E-state index in [0.29, 0.717) is 0 Å². The summed E-state index contributed by atoms with van der Waals surface area (Å²) in [6.07, 6.45) is 0. The molecular formula is C11H27N3. The standard InChI is InChI=1S/C11H27N3/c1-11(2,3)12-7-8-14(6)10-9-13(4)5/h12H,7-10H2,1-6H3. The first-order valence-corrected chi connectivity index (χ1v) is 5.39. The molecule has 14 heavy (non-hydrogen) atoms. The fourth-order valence-corrected chi connectivity index (χ4v) is 1.10. The Labute approximate surface area is 89.5 Å². The number of rotatable bonds is 6. The van der Waals surface area contributed by atoms with Crippen LogP contribution in [0.3, 0.4) is 0 Å². The Hall–Kier alpha value is -0.120. The molecule has 0 heterocycles. The van der Waals surface area contributed by atoms with Crippen molar-refractivity contribution >= 4 is 0 Å². The van der Waals surface area contributed by atoms with Crippen molar-refractivity contribution in [2.75, 3.05) is 47.3 Å². The molecule has 0 aromatic rings. The second-order valence-electron chi connectivity index (χ2n) is 5.28. The van der Waals surface area contributed by atoms with Gasteiger partial charge in [-0.2, -0.15) is 0 Å². The van der Waals surface area contributed by atoms with E-state index in [0.717, 1.165) is 26.2 Å². The molecule has 1 N–H and O–H groups in total. The van der Waals surface area contributed by atoms with Gasteiger partial charge in [0, 0.05) is 31.7 Å². The van der Waals surface area contributed by atoms with E-state index in [1.165, 1.54) is 0 Å². The van der Waals surface area contributed by atoms with Crippen molar-refractivity contribution in [2.24, 2.45) is 0 Å². The summed E-state index contributed by atoms with van der Waals surface area (Å²) in [5.41, 5.74) is 0.238. The minimum Gasteiger partial charge on any atom is -0.311 e. The molecule has 0 unspecified atom stereocenters. The molecule has 0 spiro atoms. The summed E-state index contributed by atoms with van der Waals surface area (Å²) in [6, 6.07) is 0. The smallest absolute Gasteiger partial charge is 0.0107 e. The van der Waals surface area contributed by atoms with Gasteiger partial charge in [-0.05, 0) is 41.9 Å². The zero-order chi connectivity index (χ0) is 11.2. The topological polar surface area (TPSA) is 18.5 Å². The summed E-state index contributed by atoms with van der Waals surface area (Å²) < 4.78 is 0. The highest BCUT2D eigenvalue weighted by molar-refractivity contribution is 4.70. The van der Waals surface area contributed by atoms with Crippen molar-refractivity contribution in [3.63, 3.8) is 0 Å². The van der Waals surface area contributed by atoms with E-state index in [4.69, 9.17) is 0 Å². The largest absolute Gasteiger partial charge is 0.311 e. The second kappa shape index (κ2) is 6.38. The number of hydrogen-bond acceptors (Lipinski definition) is 3. The highest BCUT2D eigenvalue weighted by atomic mass is 15.2. The molecule has 0 fully saturated rings. The first-order valence-electron chi connectivity index (χ1n) is 5.39. The fourth-order valence-electron chi connectivity index (χ4n) is 1.10. The lowest BCUT2D eigenvalue weighted by Crippen LogP contribution is -2.41. The van der Waals surface area contributed by atoms with Crippen LogP contribution in [-0.4, -0.2) is 62.7 Å². The molecule has 0 amide bonds. The molecule has 0 rings (SSSR count). The Morgan fingerprint density at radius 2 is 1.50 bits per heavy atom. The molecule has 3 heteroatoms. The van der Waals surface area contributed by atoms with Crippen molar-refractivity contribution in [1.82, 2.24) is 15.1 Å². The second-order valence-corrected chi connectivity index (χ2v) is 5.28. The minimum atomic E-state index is 0.238.